The largest absolute Gasteiger partial charge is 0.393 e. The van der Waals surface area contributed by atoms with Gasteiger partial charge in [0.1, 0.15) is 42.1 Å². The van der Waals surface area contributed by atoms with Gasteiger partial charge in [0.05, 0.1) is 37.9 Å². The molecule has 1 saturated heterocycles. The second-order valence-electron chi connectivity index (χ2n) is 10.1. The molecule has 5 rings (SSSR count). The first kappa shape index (κ1) is 29.4. The molecule has 2 fully saturated rings. The fraction of sp³-hybridized carbons (Fsp3) is 0.762. The number of ether oxygens (including phenoxy) is 3. The molecule has 17 nitrogen and oxygen atoms in total. The van der Waals surface area contributed by atoms with Crippen LogP contribution in [0.5, 0.6) is 0 Å². The number of aromatic nitrogens is 4. The first-order chi connectivity index (χ1) is 19.1. The summed E-state index contributed by atoms with van der Waals surface area (Å²) >= 11 is 6.35. The lowest BCUT2D eigenvalue weighted by atomic mass is 9.94. The lowest BCUT2D eigenvalue weighted by Gasteiger charge is -2.35. The number of halogens is 1. The minimum absolute atomic E-state index is 0.119. The number of aliphatic imine (C=N–C) groups is 1. The zero-order valence-corrected chi connectivity index (χ0v) is 22.9. The van der Waals surface area contributed by atoms with Crippen LogP contribution in [-0.2, 0) is 25.4 Å². The number of aliphatic hydroxyl groups is 3. The molecule has 7 N–H and O–H groups in total. The normalized spacial score (nSPS) is 33.3. The Kier molecular flexibility index (Phi) is 8.87. The Morgan fingerprint density at radius 3 is 2.73 bits per heavy atom. The Bertz CT molecular complexity index is 1160. The van der Waals surface area contributed by atoms with Gasteiger partial charge >= 0.3 is 7.60 Å². The monoisotopic (exact) mass is 606 g/mol. The summed E-state index contributed by atoms with van der Waals surface area (Å²) in [6.45, 7) is -2.68. The summed E-state index contributed by atoms with van der Waals surface area (Å²) in [7, 11) is -5.12. The Labute approximate surface area is 233 Å². The van der Waals surface area contributed by atoms with Crippen LogP contribution in [0.1, 0.15) is 31.5 Å². The highest BCUT2D eigenvalue weighted by Gasteiger charge is 2.54. The summed E-state index contributed by atoms with van der Waals surface area (Å²) in [6.07, 6.45) is 1.88. The van der Waals surface area contributed by atoms with Crippen LogP contribution in [-0.4, -0.2) is 125 Å². The second-order valence-corrected chi connectivity index (χ2v) is 12.4. The van der Waals surface area contributed by atoms with Crippen LogP contribution in [0.4, 0.5) is 0 Å². The van der Waals surface area contributed by atoms with Crippen LogP contribution in [0, 0.1) is 5.92 Å². The van der Waals surface area contributed by atoms with E-state index in [0.717, 1.165) is 25.7 Å². The number of nitrogens with zero attached hydrogens (tertiary/aromatic N) is 6. The van der Waals surface area contributed by atoms with Crippen molar-refractivity contribution < 1.29 is 43.9 Å². The van der Waals surface area contributed by atoms with Crippen LogP contribution in [0.2, 0.25) is 0 Å². The molecule has 1 aliphatic carbocycles. The van der Waals surface area contributed by atoms with Crippen LogP contribution in [0.15, 0.2) is 21.3 Å². The zero-order valence-electron chi connectivity index (χ0n) is 21.2. The number of fused-ring (bicyclic) bond motifs is 1. The molecule has 0 spiro atoms. The summed E-state index contributed by atoms with van der Waals surface area (Å²) in [4.78, 5) is 24.7. The van der Waals surface area contributed by atoms with Crippen LogP contribution in [0.25, 0.3) is 0 Å². The molecule has 3 unspecified atom stereocenters. The third-order valence-electron chi connectivity index (χ3n) is 7.43. The fourth-order valence-electron chi connectivity index (χ4n) is 5.18. The molecule has 19 heteroatoms. The highest BCUT2D eigenvalue weighted by Crippen LogP contribution is 2.51. The zero-order chi connectivity index (χ0) is 28.5. The van der Waals surface area contributed by atoms with E-state index in [9.17, 15) is 29.7 Å². The summed E-state index contributed by atoms with van der Waals surface area (Å²) in [5.74, 6) is 0.129. The van der Waals surface area contributed by atoms with Gasteiger partial charge in [-0.15, -0.1) is 10.2 Å². The summed E-state index contributed by atoms with van der Waals surface area (Å²) in [5.41, 5.74) is 0. The Hall–Kier alpha value is -2.05. The number of H-pyrrole nitrogens is 1. The van der Waals surface area contributed by atoms with Crippen molar-refractivity contribution in [3.05, 3.63) is 17.1 Å². The number of aliphatic hydroxyl groups excluding tert-OH is 3. The highest BCUT2D eigenvalue weighted by molar-refractivity contribution is 7.53. The third-order valence-corrected chi connectivity index (χ3v) is 9.11. The average molecular weight is 607 g/mol. The van der Waals surface area contributed by atoms with Crippen LogP contribution >= 0.6 is 19.2 Å². The first-order valence-electron chi connectivity index (χ1n) is 12.8. The van der Waals surface area contributed by atoms with E-state index in [2.05, 4.69) is 31.0 Å². The average Bonchev–Trinajstić information content (AvgIpc) is 3.71. The predicted molar refractivity (Wildman–Crippen MR) is 137 cm³/mol. The van der Waals surface area contributed by atoms with Crippen molar-refractivity contribution in [2.75, 3.05) is 19.8 Å². The molecule has 0 aromatic carbocycles. The highest BCUT2D eigenvalue weighted by atomic mass is 35.5. The van der Waals surface area contributed by atoms with Gasteiger partial charge in [0.15, 0.2) is 5.82 Å². The van der Waals surface area contributed by atoms with Crippen LogP contribution in [0.3, 0.4) is 0 Å². The molecular weight excluding hydrogens is 575 g/mol. The number of hydrazone groups is 1. The molecule has 0 bridgehead atoms. The van der Waals surface area contributed by atoms with Gasteiger partial charge in [-0.1, -0.05) is 29.7 Å². The molecule has 222 valence electrons. The first-order valence-corrected chi connectivity index (χ1v) is 14.8. The number of hydrogen-bond acceptors (Lipinski definition) is 13. The molecule has 0 amide bonds. The van der Waals surface area contributed by atoms with Gasteiger partial charge < -0.3 is 44.6 Å². The van der Waals surface area contributed by atoms with E-state index < -0.39 is 69.3 Å². The van der Waals surface area contributed by atoms with Crippen molar-refractivity contribution in [1.29, 1.82) is 0 Å². The molecule has 1 aromatic heterocycles. The minimum atomic E-state index is -5.12. The fourth-order valence-corrected chi connectivity index (χ4v) is 6.07. The summed E-state index contributed by atoms with van der Waals surface area (Å²) in [6, 6.07) is 0.178. The Balaban J connectivity index is 1.25. The molecule has 7 atom stereocenters. The van der Waals surface area contributed by atoms with Gasteiger partial charge in [0.2, 0.25) is 5.34 Å². The van der Waals surface area contributed by atoms with Crippen LogP contribution < -0.4 is 5.32 Å². The van der Waals surface area contributed by atoms with Gasteiger partial charge in [-0.3, -0.25) is 9.56 Å². The summed E-state index contributed by atoms with van der Waals surface area (Å²) in [5, 5.41) is 51.5. The maximum atomic E-state index is 12.3. The van der Waals surface area contributed by atoms with Crippen molar-refractivity contribution in [3.8, 4) is 0 Å². The third kappa shape index (κ3) is 5.94. The van der Waals surface area contributed by atoms with Crippen molar-refractivity contribution in [1.82, 2.24) is 30.9 Å². The smallest absolute Gasteiger partial charge is 0.361 e. The van der Waals surface area contributed by atoms with Gasteiger partial charge in [-0.05, 0) is 12.8 Å². The van der Waals surface area contributed by atoms with Gasteiger partial charge in [-0.2, -0.15) is 10.3 Å². The SMILES string of the molecule is O=P(O)(O)C(CO)(COCc1nn[nH]n1)OC[C@H]1O[C@H](C2C=NN3C(=NC4CCCC4)C=C(Cl)NC23)[C@H](O)[C@@H]1O. The number of nitrogens with one attached hydrogen (secondary N) is 2. The van der Waals surface area contributed by atoms with E-state index in [1.807, 2.05) is 0 Å². The molecule has 4 aliphatic rings. The van der Waals surface area contributed by atoms with E-state index in [0.29, 0.717) is 11.0 Å². The molecule has 4 heterocycles. The number of rotatable bonds is 11. The quantitative estimate of drug-likeness (QED) is 0.110. The minimum Gasteiger partial charge on any atom is -0.393 e. The van der Waals surface area contributed by atoms with E-state index in [4.69, 9.17) is 30.8 Å². The maximum Gasteiger partial charge on any atom is 0.361 e. The van der Waals surface area contributed by atoms with Gasteiger partial charge in [0.25, 0.3) is 0 Å². The van der Waals surface area contributed by atoms with E-state index in [1.54, 1.807) is 17.3 Å². The Morgan fingerprint density at radius 1 is 1.27 bits per heavy atom. The van der Waals surface area contributed by atoms with E-state index in [-0.39, 0.29) is 18.5 Å². The topological polar surface area (TPSA) is 240 Å². The second kappa shape index (κ2) is 12.1. The van der Waals surface area contributed by atoms with Crippen molar-refractivity contribution in [2.24, 2.45) is 16.0 Å². The molecule has 0 radical (unpaired) electrons. The van der Waals surface area contributed by atoms with E-state index in [1.165, 1.54) is 0 Å². The maximum absolute atomic E-state index is 12.3. The standard InChI is InChI=1S/C21H32ClN8O9P/c22-14-5-16(24-11-3-1-2-4-11)30-20(25-14)12(6-23-30)19-18(33)17(32)13(39-19)7-38-21(9-31,40(34,35)36)10-37-8-15-26-28-29-27-15/h5-6,11-13,17-20,25,31-33H,1-4,7-10H2,(H2,34,35,36)(H,26,27,28,29)/t12?,13-,17-,18-,19-,20?,21?/m1/s1. The van der Waals surface area contributed by atoms with E-state index >= 15 is 0 Å². The van der Waals surface area contributed by atoms with Gasteiger partial charge in [0, 0.05) is 12.3 Å². The number of hydrogen-bond donors (Lipinski definition) is 7. The van der Waals surface area contributed by atoms with Crippen molar-refractivity contribution in [2.45, 2.75) is 74.3 Å². The van der Waals surface area contributed by atoms with Gasteiger partial charge in [-0.25, -0.2) is 5.01 Å². The lowest BCUT2D eigenvalue weighted by Crippen LogP contribution is -2.53. The Morgan fingerprint density at radius 2 is 2.05 bits per heavy atom. The molecule has 1 saturated carbocycles. The lowest BCUT2D eigenvalue weighted by molar-refractivity contribution is -0.127. The molecular formula is C21H32ClN8O9P. The van der Waals surface area contributed by atoms with Crippen molar-refractivity contribution in [3.63, 3.8) is 0 Å². The molecule has 1 aromatic rings. The number of aromatic amines is 1. The molecule has 3 aliphatic heterocycles. The predicted octanol–water partition coefficient (Wildman–Crippen LogP) is -1.64. The molecule has 40 heavy (non-hydrogen) atoms. The summed E-state index contributed by atoms with van der Waals surface area (Å²) < 4.78 is 29.0. The number of tetrazole rings is 1. The number of amidine groups is 1. The van der Waals surface area contributed by atoms with Crippen molar-refractivity contribution >= 4 is 31.2 Å².